The first kappa shape index (κ1) is 26.0. The highest BCUT2D eigenvalue weighted by molar-refractivity contribution is 7.92. The van der Waals surface area contributed by atoms with Crippen molar-refractivity contribution in [2.45, 2.75) is 35.3 Å². The van der Waals surface area contributed by atoms with Crippen LogP contribution in [0.2, 0.25) is 0 Å². The van der Waals surface area contributed by atoms with Gasteiger partial charge in [-0.05, 0) is 42.3 Å². The molecule has 1 aliphatic heterocycles. The number of anilines is 1. The van der Waals surface area contributed by atoms with E-state index in [0.717, 1.165) is 12.1 Å². The van der Waals surface area contributed by atoms with E-state index in [2.05, 4.69) is 15.3 Å². The molecule has 13 heteroatoms. The third kappa shape index (κ3) is 5.54. The first-order chi connectivity index (χ1) is 17.5. The topological polar surface area (TPSA) is 116 Å². The highest BCUT2D eigenvalue weighted by Crippen LogP contribution is 2.38. The fourth-order valence-electron chi connectivity index (χ4n) is 4.12. The summed E-state index contributed by atoms with van der Waals surface area (Å²) in [4.78, 5) is 21.4. The molecule has 3 aromatic rings. The Hall–Kier alpha value is -4.05. The Labute approximate surface area is 209 Å². The van der Waals surface area contributed by atoms with Gasteiger partial charge in [-0.15, -0.1) is 0 Å². The van der Waals surface area contributed by atoms with Crippen LogP contribution in [0.5, 0.6) is 0 Å². The lowest BCUT2D eigenvalue weighted by Gasteiger charge is -2.24. The summed E-state index contributed by atoms with van der Waals surface area (Å²) >= 11 is 0. The molecule has 4 rings (SSSR count). The van der Waals surface area contributed by atoms with Crippen LogP contribution in [0.25, 0.3) is 0 Å². The number of sulfone groups is 1. The van der Waals surface area contributed by atoms with Gasteiger partial charge in [0.25, 0.3) is 0 Å². The second kappa shape index (κ2) is 10.1. The van der Waals surface area contributed by atoms with Crippen LogP contribution in [0.1, 0.15) is 23.4 Å². The van der Waals surface area contributed by atoms with Gasteiger partial charge in [-0.1, -0.05) is 24.3 Å². The summed E-state index contributed by atoms with van der Waals surface area (Å²) in [5, 5.41) is 10.4. The van der Waals surface area contributed by atoms with E-state index in [1.807, 2.05) is 0 Å². The van der Waals surface area contributed by atoms with E-state index in [0.29, 0.717) is 11.6 Å². The minimum absolute atomic E-state index is 0.00496. The normalized spacial score (nSPS) is 17.9. The number of benzene rings is 2. The van der Waals surface area contributed by atoms with Crippen molar-refractivity contribution in [1.82, 2.24) is 15.3 Å². The molecule has 0 saturated carbocycles. The Morgan fingerprint density at radius 2 is 1.84 bits per heavy atom. The largest absolute Gasteiger partial charge is 0.417 e. The van der Waals surface area contributed by atoms with Crippen LogP contribution in [0.3, 0.4) is 0 Å². The maximum absolute atomic E-state index is 13.6. The molecule has 1 aliphatic rings. The smallest absolute Gasteiger partial charge is 0.350 e. The molecule has 8 nitrogen and oxygen atoms in total. The minimum atomic E-state index is -4.90. The van der Waals surface area contributed by atoms with E-state index in [9.17, 15) is 30.8 Å². The number of halogens is 4. The van der Waals surface area contributed by atoms with Gasteiger partial charge in [-0.25, -0.2) is 22.8 Å². The zero-order valence-electron chi connectivity index (χ0n) is 19.0. The first-order valence-corrected chi connectivity index (χ1v) is 12.5. The number of hydrogen-bond donors (Lipinski definition) is 1. The summed E-state index contributed by atoms with van der Waals surface area (Å²) < 4.78 is 80.7. The molecule has 192 valence electrons. The quantitative estimate of drug-likeness (QED) is 0.484. The Morgan fingerprint density at radius 1 is 1.14 bits per heavy atom. The molecular formula is C24H19F4N5O3S. The van der Waals surface area contributed by atoms with Gasteiger partial charge >= 0.3 is 6.18 Å². The number of alkyl halides is 3. The average molecular weight is 534 g/mol. The molecule has 2 atom stereocenters. The van der Waals surface area contributed by atoms with Gasteiger partial charge in [0.15, 0.2) is 9.84 Å². The van der Waals surface area contributed by atoms with Crippen LogP contribution in [0, 0.1) is 17.1 Å². The molecule has 2 heterocycles. The second-order valence-electron chi connectivity index (χ2n) is 8.26. The van der Waals surface area contributed by atoms with Gasteiger partial charge < -0.3 is 10.2 Å². The van der Waals surface area contributed by atoms with E-state index in [1.165, 1.54) is 47.5 Å². The summed E-state index contributed by atoms with van der Waals surface area (Å²) in [5.74, 6) is -1.21. The zero-order chi connectivity index (χ0) is 26.8. The molecule has 1 saturated heterocycles. The summed E-state index contributed by atoms with van der Waals surface area (Å²) in [7, 11) is -4.54. The van der Waals surface area contributed by atoms with Crippen LogP contribution in [0.4, 0.5) is 23.4 Å². The lowest BCUT2D eigenvalue weighted by atomic mass is 10.2. The predicted molar refractivity (Wildman–Crippen MR) is 123 cm³/mol. The number of carbonyl (C=O) groups is 1. The number of nitrogens with one attached hydrogen (secondary N) is 1. The summed E-state index contributed by atoms with van der Waals surface area (Å²) in [5.41, 5.74) is -0.712. The summed E-state index contributed by atoms with van der Waals surface area (Å²) in [6.45, 7) is -0.337. The van der Waals surface area contributed by atoms with Crippen LogP contribution >= 0.6 is 0 Å². The van der Waals surface area contributed by atoms with E-state index in [-0.39, 0.29) is 31.2 Å². The van der Waals surface area contributed by atoms with Gasteiger partial charge in [0.1, 0.15) is 23.7 Å². The van der Waals surface area contributed by atoms with Gasteiger partial charge in [-0.2, -0.15) is 18.4 Å². The molecule has 1 fully saturated rings. The molecule has 0 radical (unpaired) electrons. The lowest BCUT2D eigenvalue weighted by molar-refractivity contribution is -0.139. The number of amides is 1. The predicted octanol–water partition coefficient (Wildman–Crippen LogP) is 3.24. The highest BCUT2D eigenvalue weighted by atomic mass is 32.2. The number of aromatic nitrogens is 2. The standard InChI is InChI=1S/C24H19F4N5O3S/c25-16-7-5-15(6-8-16)13-31-23(34)19-11-17(14-33(19)22-9-10-30-21(12-29)32-22)37(35,36)20-4-2-1-3-18(20)24(26,27)28/h1-10,17,19H,11,13-14H2,(H,31,34). The van der Waals surface area contributed by atoms with E-state index < -0.39 is 49.5 Å². The number of rotatable bonds is 6. The Morgan fingerprint density at radius 3 is 2.51 bits per heavy atom. The van der Waals surface area contributed by atoms with Crippen LogP contribution in [-0.2, 0) is 27.4 Å². The summed E-state index contributed by atoms with van der Waals surface area (Å²) in [6.07, 6.45) is -3.97. The van der Waals surface area contributed by atoms with Crippen molar-refractivity contribution in [2.75, 3.05) is 11.4 Å². The fourth-order valence-corrected chi connectivity index (χ4v) is 6.03. The van der Waals surface area contributed by atoms with Crippen molar-refractivity contribution in [1.29, 1.82) is 5.26 Å². The first-order valence-electron chi connectivity index (χ1n) is 10.9. The fraction of sp³-hybridized carbons (Fsp3) is 0.250. The van der Waals surface area contributed by atoms with Crippen molar-refractivity contribution in [3.05, 3.63) is 83.6 Å². The molecule has 1 N–H and O–H groups in total. The Balaban J connectivity index is 1.66. The maximum atomic E-state index is 13.6. The number of nitriles is 1. The lowest BCUT2D eigenvalue weighted by Crippen LogP contribution is -2.43. The average Bonchev–Trinajstić information content (AvgIpc) is 3.34. The molecular weight excluding hydrogens is 514 g/mol. The molecule has 2 unspecified atom stereocenters. The van der Waals surface area contributed by atoms with E-state index in [4.69, 9.17) is 5.26 Å². The Kier molecular flexibility index (Phi) is 7.13. The maximum Gasteiger partial charge on any atom is 0.417 e. The molecule has 0 spiro atoms. The molecule has 1 amide bonds. The van der Waals surface area contributed by atoms with E-state index in [1.54, 1.807) is 6.07 Å². The van der Waals surface area contributed by atoms with Gasteiger partial charge in [-0.3, -0.25) is 4.79 Å². The van der Waals surface area contributed by atoms with Gasteiger partial charge in [0, 0.05) is 19.3 Å². The monoisotopic (exact) mass is 533 g/mol. The number of carbonyl (C=O) groups excluding carboxylic acids is 1. The molecule has 1 aromatic heterocycles. The number of nitrogens with zero attached hydrogens (tertiary/aromatic N) is 4. The third-order valence-corrected chi connectivity index (χ3v) is 8.11. The van der Waals surface area contributed by atoms with Crippen molar-refractivity contribution >= 4 is 21.6 Å². The minimum Gasteiger partial charge on any atom is -0.350 e. The zero-order valence-corrected chi connectivity index (χ0v) is 19.8. The Bertz CT molecular complexity index is 1460. The molecule has 0 bridgehead atoms. The number of hydrogen-bond acceptors (Lipinski definition) is 7. The van der Waals surface area contributed by atoms with E-state index >= 15 is 0 Å². The van der Waals surface area contributed by atoms with Crippen molar-refractivity contribution in [3.63, 3.8) is 0 Å². The SMILES string of the molecule is N#Cc1nccc(N2CC(S(=O)(=O)c3ccccc3C(F)(F)F)CC2C(=O)NCc2ccc(F)cc2)n1. The summed E-state index contributed by atoms with van der Waals surface area (Å²) in [6, 6.07) is 11.2. The van der Waals surface area contributed by atoms with Crippen molar-refractivity contribution < 1.29 is 30.8 Å². The van der Waals surface area contributed by atoms with Crippen LogP contribution in [0.15, 0.2) is 65.7 Å². The second-order valence-corrected chi connectivity index (χ2v) is 10.5. The highest BCUT2D eigenvalue weighted by Gasteiger charge is 2.46. The van der Waals surface area contributed by atoms with Gasteiger partial charge in [0.05, 0.1) is 15.7 Å². The molecule has 2 aromatic carbocycles. The molecule has 37 heavy (non-hydrogen) atoms. The van der Waals surface area contributed by atoms with Crippen molar-refractivity contribution in [3.8, 4) is 6.07 Å². The van der Waals surface area contributed by atoms with Gasteiger partial charge in [0.2, 0.25) is 11.7 Å². The van der Waals surface area contributed by atoms with Crippen LogP contribution < -0.4 is 10.2 Å². The third-order valence-electron chi connectivity index (χ3n) is 5.92. The van der Waals surface area contributed by atoms with Crippen LogP contribution in [-0.4, -0.2) is 42.1 Å². The van der Waals surface area contributed by atoms with Crippen molar-refractivity contribution in [2.24, 2.45) is 0 Å². The molecule has 0 aliphatic carbocycles.